The fraction of sp³-hybridized carbons (Fsp3) is 0.533. The molecule has 0 saturated heterocycles. The molecule has 0 spiro atoms. The van der Waals surface area contributed by atoms with Crippen molar-refractivity contribution in [3.63, 3.8) is 0 Å². The first-order chi connectivity index (χ1) is 7.57. The van der Waals surface area contributed by atoms with Crippen molar-refractivity contribution in [1.29, 1.82) is 0 Å². The number of hydrogen-bond acceptors (Lipinski definition) is 1. The fourth-order valence-electron chi connectivity index (χ4n) is 2.03. The van der Waals surface area contributed by atoms with E-state index in [9.17, 15) is 4.79 Å². The van der Waals surface area contributed by atoms with E-state index in [1.165, 1.54) is 0 Å². The number of ketones is 1. The predicted molar refractivity (Wildman–Crippen MR) is 68.5 cm³/mol. The second-order valence-corrected chi connectivity index (χ2v) is 4.83. The summed E-state index contributed by atoms with van der Waals surface area (Å²) >= 11 is 0. The average molecular weight is 218 g/mol. The summed E-state index contributed by atoms with van der Waals surface area (Å²) in [5.74, 6) is 0.947. The summed E-state index contributed by atoms with van der Waals surface area (Å²) in [7, 11) is 0. The van der Waals surface area contributed by atoms with E-state index in [1.54, 1.807) is 0 Å². The van der Waals surface area contributed by atoms with Crippen LogP contribution in [-0.2, 0) is 4.79 Å². The molecule has 1 nitrogen and oxygen atoms in total. The van der Waals surface area contributed by atoms with Gasteiger partial charge < -0.3 is 0 Å². The van der Waals surface area contributed by atoms with E-state index in [0.717, 1.165) is 12.0 Å². The standard InChI is InChI=1S/C15H22O/c1-5-12(4)14(15(16)11(2)3)13-9-7-6-8-10-13/h6-12,14H,5H2,1-4H3. The third-order valence-electron chi connectivity index (χ3n) is 3.25. The monoisotopic (exact) mass is 218 g/mol. The van der Waals surface area contributed by atoms with Gasteiger partial charge in [-0.25, -0.2) is 0 Å². The van der Waals surface area contributed by atoms with Crippen LogP contribution in [0.5, 0.6) is 0 Å². The van der Waals surface area contributed by atoms with Gasteiger partial charge in [0.1, 0.15) is 5.78 Å². The zero-order valence-corrected chi connectivity index (χ0v) is 10.7. The van der Waals surface area contributed by atoms with Gasteiger partial charge >= 0.3 is 0 Å². The second-order valence-electron chi connectivity index (χ2n) is 4.83. The van der Waals surface area contributed by atoms with E-state index >= 15 is 0 Å². The predicted octanol–water partition coefficient (Wildman–Crippen LogP) is 4.04. The number of carbonyl (C=O) groups is 1. The maximum absolute atomic E-state index is 12.2. The van der Waals surface area contributed by atoms with Gasteiger partial charge in [-0.3, -0.25) is 4.79 Å². The van der Waals surface area contributed by atoms with Crippen LogP contribution < -0.4 is 0 Å². The lowest BCUT2D eigenvalue weighted by molar-refractivity contribution is -0.124. The zero-order chi connectivity index (χ0) is 12.1. The van der Waals surface area contributed by atoms with Crippen molar-refractivity contribution < 1.29 is 4.79 Å². The molecule has 1 heteroatoms. The third kappa shape index (κ3) is 2.94. The van der Waals surface area contributed by atoms with E-state index in [-0.39, 0.29) is 11.8 Å². The zero-order valence-electron chi connectivity index (χ0n) is 10.7. The smallest absolute Gasteiger partial charge is 0.143 e. The lowest BCUT2D eigenvalue weighted by Gasteiger charge is -2.24. The van der Waals surface area contributed by atoms with Crippen molar-refractivity contribution in [2.24, 2.45) is 11.8 Å². The summed E-state index contributed by atoms with van der Waals surface area (Å²) < 4.78 is 0. The molecule has 2 atom stereocenters. The molecular formula is C15H22O. The molecule has 0 amide bonds. The maximum Gasteiger partial charge on any atom is 0.143 e. The Labute approximate surface area is 98.9 Å². The molecule has 0 radical (unpaired) electrons. The molecule has 1 aromatic carbocycles. The first kappa shape index (κ1) is 13.0. The molecule has 16 heavy (non-hydrogen) atoms. The normalized spacial score (nSPS) is 14.8. The lowest BCUT2D eigenvalue weighted by atomic mass is 9.79. The molecule has 88 valence electrons. The Bertz CT molecular complexity index is 327. The highest BCUT2D eigenvalue weighted by Gasteiger charge is 2.27. The van der Waals surface area contributed by atoms with Gasteiger partial charge in [0, 0.05) is 11.8 Å². The minimum absolute atomic E-state index is 0.0613. The minimum atomic E-state index is 0.0613. The summed E-state index contributed by atoms with van der Waals surface area (Å²) in [4.78, 5) is 12.2. The topological polar surface area (TPSA) is 17.1 Å². The Morgan fingerprint density at radius 2 is 1.69 bits per heavy atom. The fourth-order valence-corrected chi connectivity index (χ4v) is 2.03. The number of rotatable bonds is 5. The highest BCUT2D eigenvalue weighted by Crippen LogP contribution is 2.30. The molecule has 0 aliphatic heterocycles. The van der Waals surface area contributed by atoms with Gasteiger partial charge in [0.2, 0.25) is 0 Å². The summed E-state index contributed by atoms with van der Waals surface area (Å²) in [6.07, 6.45) is 1.04. The van der Waals surface area contributed by atoms with Crippen LogP contribution in [-0.4, -0.2) is 5.78 Å². The molecule has 0 saturated carbocycles. The highest BCUT2D eigenvalue weighted by atomic mass is 16.1. The molecular weight excluding hydrogens is 196 g/mol. The number of hydrogen-bond donors (Lipinski definition) is 0. The summed E-state index contributed by atoms with van der Waals surface area (Å²) in [5.41, 5.74) is 1.16. The largest absolute Gasteiger partial charge is 0.299 e. The van der Waals surface area contributed by atoms with Crippen LogP contribution in [0.1, 0.15) is 45.6 Å². The Morgan fingerprint density at radius 3 is 2.12 bits per heavy atom. The van der Waals surface area contributed by atoms with Crippen LogP contribution in [0, 0.1) is 11.8 Å². The van der Waals surface area contributed by atoms with Crippen LogP contribution in [0.3, 0.4) is 0 Å². The van der Waals surface area contributed by atoms with Crippen molar-refractivity contribution >= 4 is 5.78 Å². The number of benzene rings is 1. The summed E-state index contributed by atoms with van der Waals surface area (Å²) in [6.45, 7) is 8.29. The minimum Gasteiger partial charge on any atom is -0.299 e. The molecule has 0 N–H and O–H groups in total. The van der Waals surface area contributed by atoms with Crippen molar-refractivity contribution in [3.8, 4) is 0 Å². The van der Waals surface area contributed by atoms with Crippen molar-refractivity contribution in [3.05, 3.63) is 35.9 Å². The van der Waals surface area contributed by atoms with Crippen LogP contribution >= 0.6 is 0 Å². The average Bonchev–Trinajstić information content (AvgIpc) is 2.30. The first-order valence-corrected chi connectivity index (χ1v) is 6.16. The van der Waals surface area contributed by atoms with Crippen molar-refractivity contribution in [1.82, 2.24) is 0 Å². The maximum atomic E-state index is 12.2. The van der Waals surface area contributed by atoms with Crippen LogP contribution in [0.4, 0.5) is 0 Å². The van der Waals surface area contributed by atoms with Gasteiger partial charge in [-0.15, -0.1) is 0 Å². The Kier molecular flexibility index (Phi) is 4.72. The Morgan fingerprint density at radius 1 is 1.12 bits per heavy atom. The summed E-state index contributed by atoms with van der Waals surface area (Å²) in [6, 6.07) is 10.2. The third-order valence-corrected chi connectivity index (χ3v) is 3.25. The van der Waals surface area contributed by atoms with Crippen molar-refractivity contribution in [2.75, 3.05) is 0 Å². The molecule has 1 aromatic rings. The van der Waals surface area contributed by atoms with E-state index in [0.29, 0.717) is 11.7 Å². The van der Waals surface area contributed by atoms with Gasteiger partial charge in [-0.2, -0.15) is 0 Å². The van der Waals surface area contributed by atoms with Crippen LogP contribution in [0.15, 0.2) is 30.3 Å². The molecule has 2 unspecified atom stereocenters. The number of carbonyl (C=O) groups excluding carboxylic acids is 1. The Balaban J connectivity index is 3.01. The lowest BCUT2D eigenvalue weighted by Crippen LogP contribution is -2.23. The van der Waals surface area contributed by atoms with Gasteiger partial charge in [-0.1, -0.05) is 64.4 Å². The molecule has 1 rings (SSSR count). The molecule has 0 heterocycles. The quantitative estimate of drug-likeness (QED) is 0.729. The number of Topliss-reactive ketones (excluding diaryl/α,β-unsaturated/α-hetero) is 1. The Hall–Kier alpha value is -1.11. The van der Waals surface area contributed by atoms with E-state index in [1.807, 2.05) is 32.0 Å². The van der Waals surface area contributed by atoms with Crippen LogP contribution in [0.2, 0.25) is 0 Å². The van der Waals surface area contributed by atoms with E-state index in [2.05, 4.69) is 26.0 Å². The van der Waals surface area contributed by atoms with Crippen LogP contribution in [0.25, 0.3) is 0 Å². The molecule has 0 aliphatic carbocycles. The van der Waals surface area contributed by atoms with Gasteiger partial charge in [0.25, 0.3) is 0 Å². The van der Waals surface area contributed by atoms with Gasteiger partial charge in [0.05, 0.1) is 0 Å². The molecule has 0 fully saturated rings. The van der Waals surface area contributed by atoms with Gasteiger partial charge in [-0.05, 0) is 11.5 Å². The molecule has 0 aliphatic rings. The molecule has 0 bridgehead atoms. The second kappa shape index (κ2) is 5.83. The van der Waals surface area contributed by atoms with E-state index < -0.39 is 0 Å². The van der Waals surface area contributed by atoms with Gasteiger partial charge in [0.15, 0.2) is 0 Å². The first-order valence-electron chi connectivity index (χ1n) is 6.16. The highest BCUT2D eigenvalue weighted by molar-refractivity contribution is 5.87. The summed E-state index contributed by atoms with van der Waals surface area (Å²) in [5, 5.41) is 0. The van der Waals surface area contributed by atoms with E-state index in [4.69, 9.17) is 0 Å². The van der Waals surface area contributed by atoms with Crippen molar-refractivity contribution in [2.45, 2.75) is 40.0 Å². The SMILES string of the molecule is CCC(C)C(C(=O)C(C)C)c1ccccc1. The molecule has 0 aromatic heterocycles.